The molecule has 2 N–H and O–H groups in total. The number of hydrogen-bond donors (Lipinski definition) is 2. The second kappa shape index (κ2) is 10.5. The van der Waals surface area contributed by atoms with E-state index in [1.165, 1.54) is 0 Å². The molecule has 0 aromatic carbocycles. The van der Waals surface area contributed by atoms with E-state index in [2.05, 4.69) is 15.6 Å². The molecular weight excluding hydrogens is 294 g/mol. The summed E-state index contributed by atoms with van der Waals surface area (Å²) in [6.45, 7) is 5.57. The Hall–Kier alpha value is -2.21. The van der Waals surface area contributed by atoms with Crippen LogP contribution in [-0.4, -0.2) is 32.3 Å². The van der Waals surface area contributed by atoms with Gasteiger partial charge in [-0.2, -0.15) is 0 Å². The third kappa shape index (κ3) is 7.06. The highest BCUT2D eigenvalue weighted by molar-refractivity contribution is 5.79. The Morgan fingerprint density at radius 1 is 1.09 bits per heavy atom. The van der Waals surface area contributed by atoms with Gasteiger partial charge in [0.05, 0.1) is 12.5 Å². The highest BCUT2D eigenvalue weighted by Gasteiger charge is 2.01. The van der Waals surface area contributed by atoms with Crippen LogP contribution in [0.4, 0.5) is 0 Å². The van der Waals surface area contributed by atoms with E-state index in [1.807, 2.05) is 31.2 Å². The van der Waals surface area contributed by atoms with Gasteiger partial charge in [-0.25, -0.2) is 4.99 Å². The van der Waals surface area contributed by atoms with E-state index in [9.17, 15) is 0 Å². The third-order valence-corrected chi connectivity index (χ3v) is 3.18. The van der Waals surface area contributed by atoms with Gasteiger partial charge in [0, 0.05) is 32.7 Å². The molecule has 0 saturated heterocycles. The summed E-state index contributed by atoms with van der Waals surface area (Å²) < 4.78 is 16.0. The number of ether oxygens (including phenoxy) is 1. The van der Waals surface area contributed by atoms with Gasteiger partial charge in [-0.3, -0.25) is 0 Å². The zero-order valence-corrected chi connectivity index (χ0v) is 13.6. The lowest BCUT2D eigenvalue weighted by Crippen LogP contribution is -2.39. The van der Waals surface area contributed by atoms with Crippen molar-refractivity contribution in [3.05, 3.63) is 48.3 Å². The van der Waals surface area contributed by atoms with Crippen molar-refractivity contribution in [2.45, 2.75) is 26.3 Å². The molecule has 0 aliphatic heterocycles. The summed E-state index contributed by atoms with van der Waals surface area (Å²) >= 11 is 0. The summed E-state index contributed by atoms with van der Waals surface area (Å²) in [6, 6.07) is 7.65. The minimum atomic E-state index is 0.508. The summed E-state index contributed by atoms with van der Waals surface area (Å²) in [4.78, 5) is 4.53. The predicted molar refractivity (Wildman–Crippen MR) is 89.4 cm³/mol. The highest BCUT2D eigenvalue weighted by Crippen LogP contribution is 2.02. The predicted octanol–water partition coefficient (Wildman–Crippen LogP) is 2.58. The average Bonchev–Trinajstić information content (AvgIpc) is 3.25. The Kier molecular flexibility index (Phi) is 7.83. The van der Waals surface area contributed by atoms with Crippen molar-refractivity contribution in [2.75, 3.05) is 26.3 Å². The lowest BCUT2D eigenvalue weighted by atomic mass is 10.3. The molecule has 0 aliphatic carbocycles. The number of hydrogen-bond acceptors (Lipinski definition) is 4. The van der Waals surface area contributed by atoms with Crippen LogP contribution in [0, 0.1) is 0 Å². The van der Waals surface area contributed by atoms with Crippen LogP contribution in [0.1, 0.15) is 24.9 Å². The first kappa shape index (κ1) is 17.1. The van der Waals surface area contributed by atoms with E-state index in [0.717, 1.165) is 56.6 Å². The maximum atomic E-state index is 5.34. The molecule has 6 heteroatoms. The Morgan fingerprint density at radius 3 is 2.52 bits per heavy atom. The Labute approximate surface area is 136 Å². The summed E-state index contributed by atoms with van der Waals surface area (Å²) in [6.07, 6.45) is 5.10. The first-order valence-electron chi connectivity index (χ1n) is 8.03. The fourth-order valence-corrected chi connectivity index (χ4v) is 2.02. The monoisotopic (exact) mass is 319 g/mol. The maximum absolute atomic E-state index is 5.34. The standard InChI is InChI=1S/C17H25N3O3/c1-2-21-11-5-9-18-17(20-14-16-7-4-13-23-16)19-10-8-15-6-3-12-22-15/h3-4,6-7,12-13H,2,5,8-11,14H2,1H3,(H2,18,19,20). The van der Waals surface area contributed by atoms with Gasteiger partial charge in [-0.05, 0) is 37.6 Å². The van der Waals surface area contributed by atoms with Crippen molar-refractivity contribution in [2.24, 2.45) is 4.99 Å². The lowest BCUT2D eigenvalue weighted by Gasteiger charge is -2.12. The maximum Gasteiger partial charge on any atom is 0.191 e. The zero-order chi connectivity index (χ0) is 16.2. The molecule has 0 fully saturated rings. The Balaban J connectivity index is 1.76. The summed E-state index contributed by atoms with van der Waals surface area (Å²) in [5.41, 5.74) is 0. The van der Waals surface area contributed by atoms with Crippen LogP contribution in [0.25, 0.3) is 0 Å². The first-order chi connectivity index (χ1) is 11.4. The second-order valence-electron chi connectivity index (χ2n) is 4.98. The minimum absolute atomic E-state index is 0.508. The molecule has 126 valence electrons. The molecule has 0 aliphatic rings. The van der Waals surface area contributed by atoms with Crippen LogP contribution >= 0.6 is 0 Å². The Bertz CT molecular complexity index is 535. The van der Waals surface area contributed by atoms with Crippen LogP contribution in [0.5, 0.6) is 0 Å². The van der Waals surface area contributed by atoms with Crippen LogP contribution in [-0.2, 0) is 17.7 Å². The summed E-state index contributed by atoms with van der Waals surface area (Å²) in [7, 11) is 0. The van der Waals surface area contributed by atoms with Crippen molar-refractivity contribution in [1.82, 2.24) is 10.6 Å². The van der Waals surface area contributed by atoms with E-state index >= 15 is 0 Å². The van der Waals surface area contributed by atoms with E-state index < -0.39 is 0 Å². The quantitative estimate of drug-likeness (QED) is 0.400. The SMILES string of the molecule is CCOCCCNC(=NCc1ccco1)NCCc1ccco1. The fourth-order valence-electron chi connectivity index (χ4n) is 2.02. The Morgan fingerprint density at radius 2 is 1.83 bits per heavy atom. The normalized spacial score (nSPS) is 11.6. The molecule has 2 aromatic heterocycles. The zero-order valence-electron chi connectivity index (χ0n) is 13.6. The van der Waals surface area contributed by atoms with Crippen molar-refractivity contribution >= 4 is 5.96 Å². The second-order valence-corrected chi connectivity index (χ2v) is 4.98. The molecule has 6 nitrogen and oxygen atoms in total. The smallest absolute Gasteiger partial charge is 0.191 e. The van der Waals surface area contributed by atoms with Crippen molar-refractivity contribution in [3.63, 3.8) is 0 Å². The van der Waals surface area contributed by atoms with E-state index in [1.54, 1.807) is 12.5 Å². The molecule has 0 bridgehead atoms. The van der Waals surface area contributed by atoms with Crippen LogP contribution in [0.2, 0.25) is 0 Å². The molecule has 0 unspecified atom stereocenters. The number of guanidine groups is 1. The molecule has 2 aromatic rings. The fraction of sp³-hybridized carbons (Fsp3) is 0.471. The van der Waals surface area contributed by atoms with Gasteiger partial charge in [0.1, 0.15) is 18.1 Å². The first-order valence-corrected chi connectivity index (χ1v) is 8.03. The molecule has 0 amide bonds. The van der Waals surface area contributed by atoms with Gasteiger partial charge < -0.3 is 24.2 Å². The van der Waals surface area contributed by atoms with Crippen LogP contribution < -0.4 is 10.6 Å². The molecule has 0 spiro atoms. The molecule has 0 atom stereocenters. The van der Waals surface area contributed by atoms with Crippen LogP contribution in [0.3, 0.4) is 0 Å². The van der Waals surface area contributed by atoms with Gasteiger partial charge in [0.15, 0.2) is 5.96 Å². The molecular formula is C17H25N3O3. The topological polar surface area (TPSA) is 71.9 Å². The van der Waals surface area contributed by atoms with Crippen molar-refractivity contribution < 1.29 is 13.6 Å². The number of nitrogens with zero attached hydrogens (tertiary/aromatic N) is 1. The molecule has 0 saturated carbocycles. The van der Waals surface area contributed by atoms with Crippen LogP contribution in [0.15, 0.2) is 50.6 Å². The molecule has 0 radical (unpaired) electrons. The molecule has 23 heavy (non-hydrogen) atoms. The third-order valence-electron chi connectivity index (χ3n) is 3.18. The number of rotatable bonds is 10. The number of aliphatic imine (C=N–C) groups is 1. The van der Waals surface area contributed by atoms with Gasteiger partial charge in [-0.15, -0.1) is 0 Å². The molecule has 2 rings (SSSR count). The highest BCUT2D eigenvalue weighted by atomic mass is 16.5. The lowest BCUT2D eigenvalue weighted by molar-refractivity contribution is 0.145. The molecule has 2 heterocycles. The largest absolute Gasteiger partial charge is 0.469 e. The van der Waals surface area contributed by atoms with Gasteiger partial charge in [0.2, 0.25) is 0 Å². The van der Waals surface area contributed by atoms with Gasteiger partial charge in [-0.1, -0.05) is 0 Å². The van der Waals surface area contributed by atoms with Crippen molar-refractivity contribution in [1.29, 1.82) is 0 Å². The van der Waals surface area contributed by atoms with Gasteiger partial charge in [0.25, 0.3) is 0 Å². The van der Waals surface area contributed by atoms with Gasteiger partial charge >= 0.3 is 0 Å². The number of furan rings is 2. The van der Waals surface area contributed by atoms with E-state index in [-0.39, 0.29) is 0 Å². The van der Waals surface area contributed by atoms with E-state index in [4.69, 9.17) is 13.6 Å². The minimum Gasteiger partial charge on any atom is -0.469 e. The average molecular weight is 319 g/mol. The summed E-state index contributed by atoms with van der Waals surface area (Å²) in [5, 5.41) is 6.62. The summed E-state index contributed by atoms with van der Waals surface area (Å²) in [5.74, 6) is 2.56. The van der Waals surface area contributed by atoms with Crippen molar-refractivity contribution in [3.8, 4) is 0 Å². The number of nitrogens with one attached hydrogen (secondary N) is 2. The van der Waals surface area contributed by atoms with E-state index in [0.29, 0.717) is 6.54 Å².